The highest BCUT2D eigenvalue weighted by molar-refractivity contribution is 5.95. The first-order valence-electron chi connectivity index (χ1n) is 6.56. The molecule has 1 saturated heterocycles. The van der Waals surface area contributed by atoms with Crippen molar-refractivity contribution in [2.75, 3.05) is 13.1 Å². The van der Waals surface area contributed by atoms with E-state index in [0.29, 0.717) is 0 Å². The van der Waals surface area contributed by atoms with Gasteiger partial charge in [0.2, 0.25) is 0 Å². The maximum Gasteiger partial charge on any atom is 0.434 e. The molecule has 4 nitrogen and oxygen atoms in total. The first kappa shape index (κ1) is 17.5. The van der Waals surface area contributed by atoms with E-state index in [9.17, 15) is 36.2 Å². The van der Waals surface area contributed by atoms with Crippen molar-refractivity contribution < 1.29 is 36.2 Å². The fourth-order valence-corrected chi connectivity index (χ4v) is 2.34. The molecule has 0 saturated carbocycles. The predicted octanol–water partition coefficient (Wildman–Crippen LogP) is 2.63. The molecule has 0 aromatic carbocycles. The highest BCUT2D eigenvalue weighted by Crippen LogP contribution is 2.39. The van der Waals surface area contributed by atoms with E-state index in [2.05, 4.69) is 4.98 Å². The van der Waals surface area contributed by atoms with E-state index in [4.69, 9.17) is 0 Å². The van der Waals surface area contributed by atoms with E-state index in [1.54, 1.807) is 0 Å². The zero-order valence-electron chi connectivity index (χ0n) is 11.6. The molecule has 1 aliphatic rings. The van der Waals surface area contributed by atoms with Crippen LogP contribution in [0.2, 0.25) is 0 Å². The van der Waals surface area contributed by atoms with Gasteiger partial charge in [0.15, 0.2) is 11.3 Å². The van der Waals surface area contributed by atoms with Gasteiger partial charge in [-0.15, -0.1) is 0 Å². The Morgan fingerprint density at radius 2 is 1.74 bits per heavy atom. The van der Waals surface area contributed by atoms with E-state index in [1.165, 1.54) is 0 Å². The third kappa shape index (κ3) is 3.41. The number of aliphatic hydroxyl groups is 1. The summed E-state index contributed by atoms with van der Waals surface area (Å²) in [5, 5.41) is 9.51. The number of carbonyl (C=O) groups is 1. The number of nitrogens with zero attached hydrogens (tertiary/aromatic N) is 2. The third-order valence-corrected chi connectivity index (χ3v) is 3.71. The fraction of sp³-hybridized carbons (Fsp3) is 0.538. The summed E-state index contributed by atoms with van der Waals surface area (Å²) in [6.45, 7) is -0.998. The summed E-state index contributed by atoms with van der Waals surface area (Å²) in [6, 6.07) is 2.06. The number of aromatic nitrogens is 1. The van der Waals surface area contributed by atoms with E-state index >= 15 is 0 Å². The Bertz CT molecular complexity index is 591. The van der Waals surface area contributed by atoms with Crippen LogP contribution in [0.4, 0.5) is 26.3 Å². The summed E-state index contributed by atoms with van der Waals surface area (Å²) >= 11 is 0. The van der Waals surface area contributed by atoms with Gasteiger partial charge in [-0.3, -0.25) is 9.78 Å². The van der Waals surface area contributed by atoms with E-state index in [-0.39, 0.29) is 0 Å². The molecule has 1 amide bonds. The molecule has 1 aliphatic heterocycles. The minimum absolute atomic E-state index is 0.499. The fourth-order valence-electron chi connectivity index (χ4n) is 2.34. The number of pyridine rings is 1. The summed E-state index contributed by atoms with van der Waals surface area (Å²) in [4.78, 5) is 16.1. The lowest BCUT2D eigenvalue weighted by Gasteiger charge is -2.39. The molecule has 23 heavy (non-hydrogen) atoms. The Hall–Kier alpha value is -1.84. The van der Waals surface area contributed by atoms with Crippen LogP contribution in [0, 0.1) is 0 Å². The molecule has 0 radical (unpaired) electrons. The first-order valence-corrected chi connectivity index (χ1v) is 6.56. The maximum atomic E-state index is 12.8. The Balaban J connectivity index is 2.19. The standard InChI is InChI=1S/C13H12F6N2O2/c14-12(15,16)9-8(2-1-5-20-9)10(22)21-6-3-11(23,4-7-21)13(17,18)19/h1-2,5,23H,3-4,6-7H2. The summed E-state index contributed by atoms with van der Waals surface area (Å²) < 4.78 is 76.6. The second-order valence-corrected chi connectivity index (χ2v) is 5.22. The molecule has 0 bridgehead atoms. The summed E-state index contributed by atoms with van der Waals surface area (Å²) in [5.74, 6) is -1.06. The van der Waals surface area contributed by atoms with Gasteiger partial charge in [-0.05, 0) is 12.1 Å². The largest absolute Gasteiger partial charge is 0.434 e. The van der Waals surface area contributed by atoms with E-state index < -0.39 is 61.0 Å². The number of alkyl halides is 6. The average Bonchev–Trinajstić information content (AvgIpc) is 2.45. The lowest BCUT2D eigenvalue weighted by atomic mass is 9.90. The molecule has 2 heterocycles. The van der Waals surface area contributed by atoms with Crippen molar-refractivity contribution in [2.45, 2.75) is 30.8 Å². The van der Waals surface area contributed by atoms with Crippen molar-refractivity contribution >= 4 is 5.91 Å². The van der Waals surface area contributed by atoms with Crippen LogP contribution >= 0.6 is 0 Å². The van der Waals surface area contributed by atoms with Crippen LogP contribution in [0.3, 0.4) is 0 Å². The van der Waals surface area contributed by atoms with Crippen molar-refractivity contribution in [1.82, 2.24) is 9.88 Å². The number of halogens is 6. The zero-order chi connectivity index (χ0) is 17.5. The number of likely N-dealkylation sites (tertiary alicyclic amines) is 1. The molecule has 1 N–H and O–H groups in total. The van der Waals surface area contributed by atoms with Crippen LogP contribution in [0.25, 0.3) is 0 Å². The molecule has 0 atom stereocenters. The first-order chi connectivity index (χ1) is 10.5. The smallest absolute Gasteiger partial charge is 0.380 e. The molecule has 1 aromatic heterocycles. The van der Waals surface area contributed by atoms with Gasteiger partial charge >= 0.3 is 12.4 Å². The third-order valence-electron chi connectivity index (χ3n) is 3.71. The molecule has 0 spiro atoms. The van der Waals surface area contributed by atoms with Gasteiger partial charge in [-0.2, -0.15) is 26.3 Å². The molecule has 1 aromatic rings. The molecule has 2 rings (SSSR count). The number of amides is 1. The zero-order valence-corrected chi connectivity index (χ0v) is 11.6. The van der Waals surface area contributed by atoms with Crippen LogP contribution < -0.4 is 0 Å². The molecule has 0 aliphatic carbocycles. The van der Waals surface area contributed by atoms with Crippen LogP contribution in [0.5, 0.6) is 0 Å². The van der Waals surface area contributed by atoms with Gasteiger partial charge < -0.3 is 10.0 Å². The molecule has 0 unspecified atom stereocenters. The van der Waals surface area contributed by atoms with Crippen molar-refractivity contribution in [1.29, 1.82) is 0 Å². The maximum absolute atomic E-state index is 12.8. The highest BCUT2D eigenvalue weighted by atomic mass is 19.4. The monoisotopic (exact) mass is 342 g/mol. The Morgan fingerprint density at radius 3 is 2.22 bits per heavy atom. The Labute approximate surface area is 126 Å². The number of piperidine rings is 1. The topological polar surface area (TPSA) is 53.4 Å². The summed E-state index contributed by atoms with van der Waals surface area (Å²) in [7, 11) is 0. The predicted molar refractivity (Wildman–Crippen MR) is 65.4 cm³/mol. The highest BCUT2D eigenvalue weighted by Gasteiger charge is 2.55. The summed E-state index contributed by atoms with van der Waals surface area (Å²) in [6.07, 6.45) is -10.4. The van der Waals surface area contributed by atoms with Gasteiger partial charge in [0.25, 0.3) is 5.91 Å². The molecular formula is C13H12F6N2O2. The SMILES string of the molecule is O=C(c1cccnc1C(F)(F)F)N1CCC(O)(C(F)(F)F)CC1. The second kappa shape index (κ2) is 5.66. The van der Waals surface area contributed by atoms with E-state index in [1.807, 2.05) is 0 Å². The minimum Gasteiger partial charge on any atom is -0.380 e. The lowest BCUT2D eigenvalue weighted by Crippen LogP contribution is -2.54. The second-order valence-electron chi connectivity index (χ2n) is 5.22. The van der Waals surface area contributed by atoms with E-state index in [0.717, 1.165) is 23.2 Å². The number of carbonyl (C=O) groups excluding carboxylic acids is 1. The van der Waals surface area contributed by atoms with Gasteiger partial charge in [0.1, 0.15) is 0 Å². The normalized spacial score (nSPS) is 18.8. The van der Waals surface area contributed by atoms with Crippen molar-refractivity contribution in [3.8, 4) is 0 Å². The molecule has 10 heteroatoms. The Morgan fingerprint density at radius 1 is 1.17 bits per heavy atom. The lowest BCUT2D eigenvalue weighted by molar-refractivity contribution is -0.271. The van der Waals surface area contributed by atoms with Crippen molar-refractivity contribution in [3.63, 3.8) is 0 Å². The number of rotatable bonds is 1. The van der Waals surface area contributed by atoms with Crippen LogP contribution in [-0.2, 0) is 6.18 Å². The van der Waals surface area contributed by atoms with Crippen LogP contribution in [-0.4, -0.2) is 45.8 Å². The van der Waals surface area contributed by atoms with Crippen molar-refractivity contribution in [3.05, 3.63) is 29.6 Å². The summed E-state index contributed by atoms with van der Waals surface area (Å²) in [5.41, 5.74) is -5.04. The van der Waals surface area contributed by atoms with Crippen LogP contribution in [0.15, 0.2) is 18.3 Å². The number of hydrogen-bond acceptors (Lipinski definition) is 3. The molecule has 128 valence electrons. The Kier molecular flexibility index (Phi) is 4.31. The van der Waals surface area contributed by atoms with Gasteiger partial charge in [0.05, 0.1) is 5.56 Å². The van der Waals surface area contributed by atoms with Crippen LogP contribution in [0.1, 0.15) is 28.9 Å². The van der Waals surface area contributed by atoms with Gasteiger partial charge in [-0.25, -0.2) is 0 Å². The minimum atomic E-state index is -4.85. The molecular weight excluding hydrogens is 330 g/mol. The molecule has 1 fully saturated rings. The number of hydrogen-bond donors (Lipinski definition) is 1. The average molecular weight is 342 g/mol. The van der Waals surface area contributed by atoms with Gasteiger partial charge in [0, 0.05) is 32.1 Å². The van der Waals surface area contributed by atoms with Crippen molar-refractivity contribution in [2.24, 2.45) is 0 Å². The quantitative estimate of drug-likeness (QED) is 0.799. The van der Waals surface area contributed by atoms with Gasteiger partial charge in [-0.1, -0.05) is 0 Å².